The first-order valence-corrected chi connectivity index (χ1v) is 4.91. The van der Waals surface area contributed by atoms with Crippen LogP contribution in [0.4, 0.5) is 8.78 Å². The van der Waals surface area contributed by atoms with Crippen LogP contribution in [0.5, 0.6) is 0 Å². The van der Waals surface area contributed by atoms with Gasteiger partial charge in [-0.05, 0) is 11.6 Å². The molecule has 0 aromatic heterocycles. The van der Waals surface area contributed by atoms with E-state index in [4.69, 9.17) is 35.3 Å². The summed E-state index contributed by atoms with van der Waals surface area (Å²) in [6.07, 6.45) is 1.96. The van der Waals surface area contributed by atoms with Crippen LogP contribution in [0.25, 0.3) is 12.5 Å². The van der Waals surface area contributed by atoms with E-state index in [2.05, 4.69) is 8.58 Å². The van der Waals surface area contributed by atoms with Gasteiger partial charge in [-0.25, -0.2) is 0 Å². The van der Waals surface area contributed by atoms with Crippen molar-refractivity contribution in [3.8, 4) is 0 Å². The maximum absolute atomic E-state index is 13.0. The predicted octanol–water partition coefficient (Wildman–Crippen LogP) is 2.79. The highest BCUT2D eigenvalue weighted by Gasteiger charge is 2.29. The highest BCUT2D eigenvalue weighted by Crippen LogP contribution is 2.29. The monoisotopic (exact) mass is 288 g/mol. The minimum absolute atomic E-state index is 0.0156. The zero-order valence-corrected chi connectivity index (χ0v) is 9.86. The fourth-order valence-corrected chi connectivity index (χ4v) is 1.51. The Balaban J connectivity index is 3.59. The quantitative estimate of drug-likeness (QED) is 0.797. The van der Waals surface area contributed by atoms with E-state index in [0.717, 1.165) is 18.6 Å². The van der Waals surface area contributed by atoms with Crippen LogP contribution in [-0.4, -0.2) is 0 Å². The summed E-state index contributed by atoms with van der Waals surface area (Å²) in [7, 11) is 0. The topological polar surface area (TPSA) is 18.5 Å². The van der Waals surface area contributed by atoms with Gasteiger partial charge in [0.1, 0.15) is 36.3 Å². The number of benzene rings is 1. The second kappa shape index (κ2) is 5.57. The minimum Gasteiger partial charge on any atom is -0.393 e. The molecule has 0 unspecified atom stereocenters. The molecule has 0 fully saturated rings. The fourth-order valence-electron chi connectivity index (χ4n) is 1.16. The van der Waals surface area contributed by atoms with Gasteiger partial charge >= 0.3 is 5.38 Å². The average Bonchev–Trinajstić information content (AvgIpc) is 2.19. The molecule has 16 heavy (non-hydrogen) atoms. The Kier molecular flexibility index (Phi) is 4.65. The average molecular weight is 289 g/mol. The fraction of sp³-hybridized carbons (Fsp3) is 0.111. The van der Waals surface area contributed by atoms with Gasteiger partial charge < -0.3 is 8.58 Å². The smallest absolute Gasteiger partial charge is 0.348 e. The summed E-state index contributed by atoms with van der Waals surface area (Å²) in [5.41, 5.74) is -0.461. The number of rotatable bonds is 3. The van der Waals surface area contributed by atoms with Crippen molar-refractivity contribution >= 4 is 47.9 Å². The van der Waals surface area contributed by atoms with Crippen molar-refractivity contribution in [3.63, 3.8) is 0 Å². The van der Waals surface area contributed by atoms with Gasteiger partial charge in [0.25, 0.3) is 0 Å². The number of hydrogen-bond donors (Lipinski definition) is 0. The molecule has 0 amide bonds. The van der Waals surface area contributed by atoms with Gasteiger partial charge in [-0.2, -0.15) is 8.78 Å². The van der Waals surface area contributed by atoms with Gasteiger partial charge in [0, 0.05) is 16.0 Å². The number of alkyl halides is 3. The lowest BCUT2D eigenvalue weighted by Crippen LogP contribution is -2.32. The Morgan fingerprint density at radius 3 is 2.25 bits per heavy atom. The molecule has 0 saturated carbocycles. The van der Waals surface area contributed by atoms with E-state index >= 15 is 0 Å². The van der Waals surface area contributed by atoms with Crippen molar-refractivity contribution in [2.45, 2.75) is 5.38 Å². The molecule has 0 radical (unpaired) electrons. The Hall–Kier alpha value is -0.710. The van der Waals surface area contributed by atoms with Crippen molar-refractivity contribution in [1.29, 1.82) is 0 Å². The van der Waals surface area contributed by atoms with E-state index in [1.807, 2.05) is 0 Å². The molecular formula is C9H5Cl3F2O2. The van der Waals surface area contributed by atoms with Crippen LogP contribution in [-0.2, 0) is 14.0 Å². The number of halogens is 5. The Bertz CT molecular complexity index is 471. The van der Waals surface area contributed by atoms with E-state index in [9.17, 15) is 8.78 Å². The van der Waals surface area contributed by atoms with E-state index < -0.39 is 10.9 Å². The van der Waals surface area contributed by atoms with Crippen molar-refractivity contribution in [1.82, 2.24) is 0 Å². The summed E-state index contributed by atoms with van der Waals surface area (Å²) in [4.78, 5) is 0. The van der Waals surface area contributed by atoms with Gasteiger partial charge in [-0.1, -0.05) is 18.2 Å². The Morgan fingerprint density at radius 2 is 1.75 bits per heavy atom. The molecule has 0 aliphatic heterocycles. The molecule has 88 valence electrons. The van der Waals surface area contributed by atoms with Gasteiger partial charge in [0.2, 0.25) is 0 Å². The molecule has 0 bridgehead atoms. The lowest BCUT2D eigenvalue weighted by Gasteiger charge is -2.08. The number of hydrogen-bond acceptors (Lipinski definition) is 2. The lowest BCUT2D eigenvalue weighted by molar-refractivity contribution is 0.0938. The normalized spacial score (nSPS) is 14.1. The summed E-state index contributed by atoms with van der Waals surface area (Å²) in [5.74, 6) is 0. The Labute approximate surface area is 105 Å². The maximum Gasteiger partial charge on any atom is 0.348 e. The third-order valence-corrected chi connectivity index (χ3v) is 2.16. The molecule has 0 aliphatic rings. The Morgan fingerprint density at radius 1 is 1.12 bits per heavy atom. The molecular weight excluding hydrogens is 284 g/mol. The second-order valence-corrected chi connectivity index (χ2v) is 3.55. The third-order valence-electron chi connectivity index (χ3n) is 1.78. The first-order chi connectivity index (χ1) is 7.50. The van der Waals surface area contributed by atoms with Gasteiger partial charge in [0.15, 0.2) is 0 Å². The molecule has 0 heterocycles. The molecule has 0 N–H and O–H groups in total. The standard InChI is InChI=1S/C9H5Cl3F2O2/c10-9(13,14)8-3-1-2-6(4-15-11)7(8)5-16-12/h1-5H. The predicted molar refractivity (Wildman–Crippen MR) is 58.2 cm³/mol. The SMILES string of the molecule is FC(F)(Cl)c1cccc(=COCl)c1=COCl. The molecule has 0 aliphatic carbocycles. The van der Waals surface area contributed by atoms with Crippen LogP contribution < -0.4 is 10.4 Å². The summed E-state index contributed by atoms with van der Waals surface area (Å²) >= 11 is 14.9. The van der Waals surface area contributed by atoms with Crippen LogP contribution >= 0.6 is 35.3 Å². The van der Waals surface area contributed by atoms with Crippen LogP contribution in [0.3, 0.4) is 0 Å². The van der Waals surface area contributed by atoms with E-state index in [-0.39, 0.29) is 10.4 Å². The summed E-state index contributed by atoms with van der Waals surface area (Å²) in [6.45, 7) is 0. The van der Waals surface area contributed by atoms with E-state index in [1.165, 1.54) is 12.1 Å². The molecule has 0 saturated heterocycles. The summed E-state index contributed by atoms with van der Waals surface area (Å²) in [6, 6.07) is 4.00. The molecule has 0 spiro atoms. The van der Waals surface area contributed by atoms with Crippen LogP contribution in [0.2, 0.25) is 0 Å². The zero-order valence-electron chi connectivity index (χ0n) is 7.59. The third kappa shape index (κ3) is 3.14. The van der Waals surface area contributed by atoms with Gasteiger partial charge in [-0.3, -0.25) is 0 Å². The van der Waals surface area contributed by atoms with Gasteiger partial charge in [-0.15, -0.1) is 0 Å². The van der Waals surface area contributed by atoms with E-state index in [0.29, 0.717) is 0 Å². The molecule has 1 aromatic carbocycles. The molecule has 2 nitrogen and oxygen atoms in total. The van der Waals surface area contributed by atoms with Crippen LogP contribution in [0.1, 0.15) is 5.56 Å². The largest absolute Gasteiger partial charge is 0.393 e. The highest BCUT2D eigenvalue weighted by atomic mass is 35.5. The van der Waals surface area contributed by atoms with Crippen LogP contribution in [0, 0.1) is 0 Å². The first-order valence-electron chi connectivity index (χ1n) is 3.92. The first kappa shape index (κ1) is 13.4. The molecule has 1 aromatic rings. The zero-order chi connectivity index (χ0) is 12.2. The lowest BCUT2D eigenvalue weighted by atomic mass is 10.1. The maximum atomic E-state index is 13.0. The van der Waals surface area contributed by atoms with Gasteiger partial charge in [0.05, 0.1) is 0 Å². The molecule has 0 atom stereocenters. The van der Waals surface area contributed by atoms with Crippen LogP contribution in [0.15, 0.2) is 18.2 Å². The van der Waals surface area contributed by atoms with E-state index in [1.54, 1.807) is 0 Å². The van der Waals surface area contributed by atoms with Crippen molar-refractivity contribution in [3.05, 3.63) is 34.2 Å². The van der Waals surface area contributed by atoms with Crippen molar-refractivity contribution in [2.24, 2.45) is 0 Å². The second-order valence-electron chi connectivity index (χ2n) is 2.72. The molecule has 7 heteroatoms. The molecule has 1 rings (SSSR count). The minimum atomic E-state index is -3.54. The highest BCUT2D eigenvalue weighted by molar-refractivity contribution is 6.21. The summed E-state index contributed by atoms with van der Waals surface area (Å²) in [5, 5.41) is -3.30. The van der Waals surface area contributed by atoms with Crippen molar-refractivity contribution < 1.29 is 17.4 Å². The van der Waals surface area contributed by atoms with Crippen molar-refractivity contribution in [2.75, 3.05) is 0 Å². The summed E-state index contributed by atoms with van der Waals surface area (Å²) < 4.78 is 34.4.